The van der Waals surface area contributed by atoms with Crippen LogP contribution in [-0.4, -0.2) is 12.6 Å². The summed E-state index contributed by atoms with van der Waals surface area (Å²) in [4.78, 5) is 12.2. The molecule has 0 atom stereocenters. The molecule has 0 aliphatic heterocycles. The summed E-state index contributed by atoms with van der Waals surface area (Å²) in [6.45, 7) is 2.10. The van der Waals surface area contributed by atoms with Crippen LogP contribution in [0.1, 0.15) is 22.8 Å². The Kier molecular flexibility index (Phi) is 4.65. The van der Waals surface area contributed by atoms with Crippen molar-refractivity contribution in [3.05, 3.63) is 83.9 Å². The van der Waals surface area contributed by atoms with Gasteiger partial charge >= 0.3 is 5.97 Å². The van der Waals surface area contributed by atoms with Gasteiger partial charge in [0.1, 0.15) is 11.3 Å². The third-order valence-corrected chi connectivity index (χ3v) is 4.54. The predicted molar refractivity (Wildman–Crippen MR) is 108 cm³/mol. The molecule has 4 nitrogen and oxygen atoms in total. The third-order valence-electron chi connectivity index (χ3n) is 4.54. The van der Waals surface area contributed by atoms with Crippen molar-refractivity contribution in [1.29, 1.82) is 5.26 Å². The van der Waals surface area contributed by atoms with Crippen molar-refractivity contribution >= 4 is 16.9 Å². The Morgan fingerprint density at radius 3 is 2.43 bits per heavy atom. The van der Waals surface area contributed by atoms with Gasteiger partial charge < -0.3 is 9.15 Å². The van der Waals surface area contributed by atoms with Gasteiger partial charge in [0.15, 0.2) is 0 Å². The molecule has 0 radical (unpaired) electrons. The fourth-order valence-electron chi connectivity index (χ4n) is 3.23. The Morgan fingerprint density at radius 2 is 1.75 bits per heavy atom. The summed E-state index contributed by atoms with van der Waals surface area (Å²) < 4.78 is 11.3. The lowest BCUT2D eigenvalue weighted by molar-refractivity contribution is 0.0526. The SMILES string of the molecule is CCOC(=O)c1ccc2oc(-c3ccccc3)c(-c3ccc(C#N)cc3)c2c1. The zero-order valence-electron chi connectivity index (χ0n) is 15.3. The van der Waals surface area contributed by atoms with Gasteiger partial charge in [-0.1, -0.05) is 42.5 Å². The smallest absolute Gasteiger partial charge is 0.338 e. The van der Waals surface area contributed by atoms with Crippen LogP contribution in [0.15, 0.2) is 77.2 Å². The summed E-state index contributed by atoms with van der Waals surface area (Å²) in [5.41, 5.74) is 4.49. The van der Waals surface area contributed by atoms with Crippen LogP contribution in [-0.2, 0) is 4.74 Å². The van der Waals surface area contributed by atoms with Crippen LogP contribution in [0, 0.1) is 11.3 Å². The number of esters is 1. The number of carbonyl (C=O) groups excluding carboxylic acids is 1. The molecule has 0 amide bonds. The van der Waals surface area contributed by atoms with E-state index in [1.807, 2.05) is 42.5 Å². The molecular formula is C24H17NO3. The van der Waals surface area contributed by atoms with Gasteiger partial charge in [-0.2, -0.15) is 5.26 Å². The average molecular weight is 367 g/mol. The monoisotopic (exact) mass is 367 g/mol. The lowest BCUT2D eigenvalue weighted by Gasteiger charge is -2.05. The molecule has 4 rings (SSSR count). The zero-order valence-corrected chi connectivity index (χ0v) is 15.3. The average Bonchev–Trinajstić information content (AvgIpc) is 3.13. The number of hydrogen-bond acceptors (Lipinski definition) is 4. The van der Waals surface area contributed by atoms with E-state index in [-0.39, 0.29) is 5.97 Å². The lowest BCUT2D eigenvalue weighted by atomic mass is 9.97. The van der Waals surface area contributed by atoms with Crippen molar-refractivity contribution in [3.8, 4) is 28.5 Å². The van der Waals surface area contributed by atoms with Crippen LogP contribution < -0.4 is 0 Å². The van der Waals surface area contributed by atoms with Crippen LogP contribution in [0.25, 0.3) is 33.4 Å². The van der Waals surface area contributed by atoms with Gasteiger partial charge in [0.2, 0.25) is 0 Å². The summed E-state index contributed by atoms with van der Waals surface area (Å²) in [6.07, 6.45) is 0. The first-order chi connectivity index (χ1) is 13.7. The van der Waals surface area contributed by atoms with E-state index in [4.69, 9.17) is 14.4 Å². The highest BCUT2D eigenvalue weighted by Crippen LogP contribution is 2.41. The van der Waals surface area contributed by atoms with E-state index >= 15 is 0 Å². The highest BCUT2D eigenvalue weighted by Gasteiger charge is 2.19. The molecule has 0 N–H and O–H groups in total. The number of rotatable bonds is 4. The Bertz CT molecular complexity index is 1180. The topological polar surface area (TPSA) is 63.2 Å². The Morgan fingerprint density at radius 1 is 1.00 bits per heavy atom. The van der Waals surface area contributed by atoms with E-state index in [0.29, 0.717) is 23.3 Å². The maximum Gasteiger partial charge on any atom is 0.338 e. The Labute approximate surface area is 162 Å². The van der Waals surface area contributed by atoms with Crippen LogP contribution in [0.2, 0.25) is 0 Å². The van der Waals surface area contributed by atoms with E-state index < -0.39 is 0 Å². The molecule has 0 bridgehead atoms. The van der Waals surface area contributed by atoms with Crippen molar-refractivity contribution in [2.45, 2.75) is 6.92 Å². The molecule has 0 saturated carbocycles. The summed E-state index contributed by atoms with van der Waals surface area (Å²) in [5, 5.41) is 9.92. The highest BCUT2D eigenvalue weighted by molar-refractivity contribution is 6.04. The van der Waals surface area contributed by atoms with Gasteiger partial charge in [-0.25, -0.2) is 4.79 Å². The quantitative estimate of drug-likeness (QED) is 0.427. The van der Waals surface area contributed by atoms with Crippen LogP contribution in [0.5, 0.6) is 0 Å². The Balaban J connectivity index is 1.97. The molecular weight excluding hydrogens is 350 g/mol. The van der Waals surface area contributed by atoms with Crippen LogP contribution in [0.3, 0.4) is 0 Å². The molecule has 0 fully saturated rings. The van der Waals surface area contributed by atoms with E-state index in [0.717, 1.165) is 27.8 Å². The van der Waals surface area contributed by atoms with E-state index in [1.54, 1.807) is 37.3 Å². The second kappa shape index (κ2) is 7.42. The van der Waals surface area contributed by atoms with E-state index in [2.05, 4.69) is 6.07 Å². The zero-order chi connectivity index (χ0) is 19.5. The fraction of sp³-hybridized carbons (Fsp3) is 0.0833. The first-order valence-corrected chi connectivity index (χ1v) is 9.01. The molecule has 4 heteroatoms. The minimum atomic E-state index is -0.363. The minimum Gasteiger partial charge on any atom is -0.462 e. The molecule has 0 saturated heterocycles. The molecule has 0 aliphatic carbocycles. The van der Waals surface area contributed by atoms with Gasteiger partial charge in [0.25, 0.3) is 0 Å². The number of fused-ring (bicyclic) bond motifs is 1. The molecule has 3 aromatic carbocycles. The number of nitriles is 1. The highest BCUT2D eigenvalue weighted by atomic mass is 16.5. The number of hydrogen-bond donors (Lipinski definition) is 0. The number of furan rings is 1. The largest absolute Gasteiger partial charge is 0.462 e. The molecule has 136 valence electrons. The second-order valence-corrected chi connectivity index (χ2v) is 6.29. The molecule has 0 unspecified atom stereocenters. The van der Waals surface area contributed by atoms with Gasteiger partial charge in [-0.05, 0) is 42.8 Å². The third kappa shape index (κ3) is 3.15. The van der Waals surface area contributed by atoms with Gasteiger partial charge in [-0.15, -0.1) is 0 Å². The summed E-state index contributed by atoms with van der Waals surface area (Å²) >= 11 is 0. The summed E-state index contributed by atoms with van der Waals surface area (Å²) in [7, 11) is 0. The van der Waals surface area contributed by atoms with Crippen molar-refractivity contribution in [1.82, 2.24) is 0 Å². The number of nitrogens with zero attached hydrogens (tertiary/aromatic N) is 1. The second-order valence-electron chi connectivity index (χ2n) is 6.29. The number of ether oxygens (including phenoxy) is 1. The van der Waals surface area contributed by atoms with Crippen LogP contribution >= 0.6 is 0 Å². The molecule has 0 aliphatic rings. The van der Waals surface area contributed by atoms with Crippen LogP contribution in [0.4, 0.5) is 0 Å². The first-order valence-electron chi connectivity index (χ1n) is 9.01. The molecule has 1 aromatic heterocycles. The minimum absolute atomic E-state index is 0.319. The number of carbonyl (C=O) groups is 1. The lowest BCUT2D eigenvalue weighted by Crippen LogP contribution is -2.03. The number of benzene rings is 3. The van der Waals surface area contributed by atoms with Crippen molar-refractivity contribution in [2.75, 3.05) is 6.61 Å². The maximum atomic E-state index is 12.2. The standard InChI is InChI=1S/C24H17NO3/c1-2-27-24(26)19-12-13-21-20(14-19)22(17-10-8-16(15-25)9-11-17)23(28-21)18-6-4-3-5-7-18/h3-14H,2H2,1H3. The molecule has 4 aromatic rings. The predicted octanol–water partition coefficient (Wildman–Crippen LogP) is 5.82. The van der Waals surface area contributed by atoms with Crippen molar-refractivity contribution < 1.29 is 13.9 Å². The molecule has 1 heterocycles. The van der Waals surface area contributed by atoms with Gasteiger partial charge in [0, 0.05) is 16.5 Å². The van der Waals surface area contributed by atoms with Crippen molar-refractivity contribution in [3.63, 3.8) is 0 Å². The van der Waals surface area contributed by atoms with Gasteiger partial charge in [0.05, 0.1) is 23.8 Å². The summed E-state index contributed by atoms with van der Waals surface area (Å²) in [5.74, 6) is 0.360. The molecule has 0 spiro atoms. The normalized spacial score (nSPS) is 10.6. The Hall–Kier alpha value is -3.84. The van der Waals surface area contributed by atoms with E-state index in [1.165, 1.54) is 0 Å². The maximum absolute atomic E-state index is 12.2. The van der Waals surface area contributed by atoms with E-state index in [9.17, 15) is 4.79 Å². The summed E-state index contributed by atoms with van der Waals surface area (Å²) in [6, 6.07) is 24.6. The van der Waals surface area contributed by atoms with Gasteiger partial charge in [-0.3, -0.25) is 0 Å². The van der Waals surface area contributed by atoms with Crippen molar-refractivity contribution in [2.24, 2.45) is 0 Å². The first kappa shape index (κ1) is 17.6. The molecule has 28 heavy (non-hydrogen) atoms. The fourth-order valence-corrected chi connectivity index (χ4v) is 3.23.